The van der Waals surface area contributed by atoms with Crippen molar-refractivity contribution < 1.29 is 9.59 Å². The zero-order chi connectivity index (χ0) is 19.5. The van der Waals surface area contributed by atoms with Gasteiger partial charge >= 0.3 is 0 Å². The molecule has 28 heavy (non-hydrogen) atoms. The van der Waals surface area contributed by atoms with Crippen molar-refractivity contribution in [3.63, 3.8) is 0 Å². The van der Waals surface area contributed by atoms with Crippen molar-refractivity contribution in [1.82, 2.24) is 4.90 Å². The number of para-hydroxylation sites is 1. The van der Waals surface area contributed by atoms with Crippen LogP contribution in [0.4, 0.5) is 5.69 Å². The fraction of sp³-hybridized carbons (Fsp3) is 0.391. The second-order valence-electron chi connectivity index (χ2n) is 7.55. The molecule has 1 saturated heterocycles. The van der Waals surface area contributed by atoms with E-state index in [1.165, 1.54) is 23.7 Å². The molecule has 1 fully saturated rings. The summed E-state index contributed by atoms with van der Waals surface area (Å²) in [5.74, 6) is 0.534. The summed E-state index contributed by atoms with van der Waals surface area (Å²) in [6.45, 7) is 3.69. The standard InChI is InChI=1S/C23H26N2O2S/c1-17-8-6-7-14-24(17)23(27)19-10-3-5-12-21(19)28-16-22(26)25-15-13-18-9-2-4-11-20(18)25/h2-5,9-12,17H,6-8,13-16H2,1H3. The lowest BCUT2D eigenvalue weighted by molar-refractivity contribution is -0.116. The van der Waals surface area contributed by atoms with E-state index in [4.69, 9.17) is 0 Å². The number of thioether (sulfide) groups is 1. The van der Waals surface area contributed by atoms with E-state index in [-0.39, 0.29) is 17.9 Å². The molecule has 2 heterocycles. The SMILES string of the molecule is CC1CCCCN1C(=O)c1ccccc1SCC(=O)N1CCc2ccccc21. The first-order valence-corrected chi connectivity index (χ1v) is 11.0. The average molecular weight is 395 g/mol. The number of carbonyl (C=O) groups is 2. The summed E-state index contributed by atoms with van der Waals surface area (Å²) in [5.41, 5.74) is 2.98. The van der Waals surface area contributed by atoms with Crippen LogP contribution in [-0.4, -0.2) is 41.6 Å². The lowest BCUT2D eigenvalue weighted by Gasteiger charge is -2.33. The fourth-order valence-corrected chi connectivity index (χ4v) is 5.06. The van der Waals surface area contributed by atoms with Gasteiger partial charge in [0, 0.05) is 29.7 Å². The summed E-state index contributed by atoms with van der Waals surface area (Å²) in [6, 6.07) is 16.1. The molecule has 2 aliphatic heterocycles. The molecular formula is C23H26N2O2S. The maximum Gasteiger partial charge on any atom is 0.255 e. The molecule has 4 rings (SSSR count). The molecule has 0 spiro atoms. The number of amides is 2. The molecule has 2 aromatic rings. The van der Waals surface area contributed by atoms with E-state index in [0.717, 1.165) is 48.5 Å². The minimum Gasteiger partial charge on any atom is -0.336 e. The molecule has 2 aromatic carbocycles. The number of carbonyl (C=O) groups excluding carboxylic acids is 2. The Morgan fingerprint density at radius 1 is 1.04 bits per heavy atom. The second-order valence-corrected chi connectivity index (χ2v) is 8.57. The fourth-order valence-electron chi connectivity index (χ4n) is 4.14. The van der Waals surface area contributed by atoms with Gasteiger partial charge in [0.1, 0.15) is 0 Å². The van der Waals surface area contributed by atoms with E-state index in [9.17, 15) is 9.59 Å². The highest BCUT2D eigenvalue weighted by Crippen LogP contribution is 2.30. The van der Waals surface area contributed by atoms with Crippen molar-refractivity contribution >= 4 is 29.3 Å². The quantitative estimate of drug-likeness (QED) is 0.723. The van der Waals surface area contributed by atoms with Crippen LogP contribution in [0.5, 0.6) is 0 Å². The largest absolute Gasteiger partial charge is 0.336 e. The number of piperidine rings is 1. The van der Waals surface area contributed by atoms with E-state index >= 15 is 0 Å². The van der Waals surface area contributed by atoms with Crippen LogP contribution in [0, 0.1) is 0 Å². The van der Waals surface area contributed by atoms with Crippen LogP contribution in [0.2, 0.25) is 0 Å². The van der Waals surface area contributed by atoms with E-state index in [1.807, 2.05) is 52.3 Å². The van der Waals surface area contributed by atoms with E-state index in [0.29, 0.717) is 5.75 Å². The van der Waals surface area contributed by atoms with Gasteiger partial charge in [-0.2, -0.15) is 0 Å². The number of fused-ring (bicyclic) bond motifs is 1. The van der Waals surface area contributed by atoms with Crippen LogP contribution in [0.25, 0.3) is 0 Å². The molecule has 2 aliphatic rings. The van der Waals surface area contributed by atoms with Crippen molar-refractivity contribution in [2.24, 2.45) is 0 Å². The summed E-state index contributed by atoms with van der Waals surface area (Å²) < 4.78 is 0. The van der Waals surface area contributed by atoms with Crippen LogP contribution >= 0.6 is 11.8 Å². The van der Waals surface area contributed by atoms with Gasteiger partial charge in [-0.25, -0.2) is 0 Å². The lowest BCUT2D eigenvalue weighted by Crippen LogP contribution is -2.42. The second kappa shape index (κ2) is 8.39. The molecule has 0 aromatic heterocycles. The van der Waals surface area contributed by atoms with Gasteiger partial charge in [-0.1, -0.05) is 30.3 Å². The zero-order valence-corrected chi connectivity index (χ0v) is 17.1. The molecule has 146 valence electrons. The molecule has 1 unspecified atom stereocenters. The molecule has 4 nitrogen and oxygen atoms in total. The molecule has 0 saturated carbocycles. The van der Waals surface area contributed by atoms with E-state index < -0.39 is 0 Å². The number of nitrogens with zero attached hydrogens (tertiary/aromatic N) is 2. The molecule has 0 bridgehead atoms. The predicted molar refractivity (Wildman–Crippen MR) is 114 cm³/mol. The highest BCUT2D eigenvalue weighted by molar-refractivity contribution is 8.00. The number of hydrogen-bond donors (Lipinski definition) is 0. The number of benzene rings is 2. The summed E-state index contributed by atoms with van der Waals surface area (Å²) in [4.78, 5) is 30.7. The zero-order valence-electron chi connectivity index (χ0n) is 16.3. The van der Waals surface area contributed by atoms with Crippen LogP contribution in [0.1, 0.15) is 42.1 Å². The van der Waals surface area contributed by atoms with Crippen molar-refractivity contribution in [1.29, 1.82) is 0 Å². The molecular weight excluding hydrogens is 368 g/mol. The van der Waals surface area contributed by atoms with Gasteiger partial charge in [0.05, 0.1) is 11.3 Å². The Hall–Kier alpha value is -2.27. The highest BCUT2D eigenvalue weighted by Gasteiger charge is 2.27. The topological polar surface area (TPSA) is 40.6 Å². The van der Waals surface area contributed by atoms with Gasteiger partial charge in [-0.3, -0.25) is 9.59 Å². The van der Waals surface area contributed by atoms with E-state index in [2.05, 4.69) is 13.0 Å². The Bertz CT molecular complexity index is 882. The van der Waals surface area contributed by atoms with Crippen LogP contribution < -0.4 is 4.90 Å². The van der Waals surface area contributed by atoms with Gasteiger partial charge in [0.15, 0.2) is 0 Å². The van der Waals surface area contributed by atoms with Gasteiger partial charge < -0.3 is 9.80 Å². The Balaban J connectivity index is 1.46. The third-order valence-corrected chi connectivity index (χ3v) is 6.78. The summed E-state index contributed by atoms with van der Waals surface area (Å²) in [7, 11) is 0. The van der Waals surface area contributed by atoms with Crippen molar-refractivity contribution in [2.75, 3.05) is 23.7 Å². The highest BCUT2D eigenvalue weighted by atomic mass is 32.2. The molecule has 5 heteroatoms. The summed E-state index contributed by atoms with van der Waals surface area (Å²) >= 11 is 1.47. The van der Waals surface area contributed by atoms with Gasteiger partial charge in [0.25, 0.3) is 5.91 Å². The Labute approximate surface area is 170 Å². The minimum atomic E-state index is 0.0919. The maximum absolute atomic E-state index is 13.1. The van der Waals surface area contributed by atoms with Crippen molar-refractivity contribution in [3.8, 4) is 0 Å². The predicted octanol–water partition coefficient (Wildman–Crippen LogP) is 4.38. The molecule has 1 atom stereocenters. The van der Waals surface area contributed by atoms with Crippen LogP contribution in [0.3, 0.4) is 0 Å². The van der Waals surface area contributed by atoms with E-state index in [1.54, 1.807) is 0 Å². The monoisotopic (exact) mass is 394 g/mol. The Morgan fingerprint density at radius 3 is 2.68 bits per heavy atom. The summed E-state index contributed by atoms with van der Waals surface area (Å²) in [5, 5.41) is 0. The normalized spacial score (nSPS) is 18.8. The Morgan fingerprint density at radius 2 is 1.82 bits per heavy atom. The average Bonchev–Trinajstić information content (AvgIpc) is 3.16. The first-order chi connectivity index (χ1) is 13.6. The Kier molecular flexibility index (Phi) is 5.72. The van der Waals surface area contributed by atoms with Gasteiger partial charge in [-0.05, 0) is 56.4 Å². The summed E-state index contributed by atoms with van der Waals surface area (Å²) in [6.07, 6.45) is 4.23. The third kappa shape index (κ3) is 3.81. The van der Waals surface area contributed by atoms with Gasteiger partial charge in [-0.15, -0.1) is 11.8 Å². The molecule has 0 radical (unpaired) electrons. The molecule has 0 aliphatic carbocycles. The van der Waals surface area contributed by atoms with Crippen LogP contribution in [0.15, 0.2) is 53.4 Å². The van der Waals surface area contributed by atoms with Crippen LogP contribution in [-0.2, 0) is 11.2 Å². The number of anilines is 1. The van der Waals surface area contributed by atoms with Crippen molar-refractivity contribution in [2.45, 2.75) is 43.5 Å². The third-order valence-electron chi connectivity index (χ3n) is 5.72. The first kappa shape index (κ1) is 19.1. The number of hydrogen-bond acceptors (Lipinski definition) is 3. The maximum atomic E-state index is 13.1. The number of rotatable bonds is 4. The lowest BCUT2D eigenvalue weighted by atomic mass is 10.0. The smallest absolute Gasteiger partial charge is 0.255 e. The van der Waals surface area contributed by atoms with Gasteiger partial charge in [0.2, 0.25) is 5.91 Å². The minimum absolute atomic E-state index is 0.0919. The molecule has 2 amide bonds. The first-order valence-electron chi connectivity index (χ1n) is 10.1. The molecule has 0 N–H and O–H groups in total. The van der Waals surface area contributed by atoms with Crippen molar-refractivity contribution in [3.05, 3.63) is 59.7 Å². The number of likely N-dealkylation sites (tertiary alicyclic amines) is 1.